The maximum absolute atomic E-state index is 12.6. The molecule has 0 aromatic carbocycles. The minimum Gasteiger partial charge on any atom is -0.462 e. The lowest BCUT2D eigenvalue weighted by atomic mass is 10.0. The number of quaternary nitrogens is 1. The molecule has 0 spiro atoms. The van der Waals surface area contributed by atoms with Gasteiger partial charge in [-0.2, -0.15) is 0 Å². The first-order valence-corrected chi connectivity index (χ1v) is 22.5. The smallest absolute Gasteiger partial charge is 0.462 e. The van der Waals surface area contributed by atoms with Crippen molar-refractivity contribution in [1.29, 1.82) is 0 Å². The summed E-state index contributed by atoms with van der Waals surface area (Å²) in [6.07, 6.45) is 42.7. The second-order valence-corrected chi connectivity index (χ2v) is 16.5. The Bertz CT molecular complexity index is 1110. The lowest BCUT2D eigenvalue weighted by Gasteiger charge is -2.24. The van der Waals surface area contributed by atoms with E-state index in [-0.39, 0.29) is 32.0 Å². The van der Waals surface area contributed by atoms with E-state index in [1.807, 2.05) is 27.2 Å². The van der Waals surface area contributed by atoms with Crippen LogP contribution in [-0.2, 0) is 32.7 Å². The summed E-state index contributed by atoms with van der Waals surface area (Å²) in [7, 11) is 1.43. The maximum atomic E-state index is 12.6. The van der Waals surface area contributed by atoms with Crippen molar-refractivity contribution < 1.29 is 42.1 Å². The van der Waals surface area contributed by atoms with E-state index < -0.39 is 26.5 Å². The third kappa shape index (κ3) is 39.4. The van der Waals surface area contributed by atoms with Crippen molar-refractivity contribution in [2.45, 2.75) is 161 Å². The fraction of sp³-hybridized carbons (Fsp3) is 0.727. The molecular weight excluding hydrogens is 701 g/mol. The molecule has 10 heteroatoms. The number of ether oxygens (including phenoxy) is 2. The molecule has 0 saturated heterocycles. The first-order valence-electron chi connectivity index (χ1n) is 21.0. The van der Waals surface area contributed by atoms with Gasteiger partial charge in [-0.25, -0.2) is 4.57 Å². The minimum absolute atomic E-state index is 0.0195. The highest BCUT2D eigenvalue weighted by Crippen LogP contribution is 2.43. The highest BCUT2D eigenvalue weighted by Gasteiger charge is 2.27. The van der Waals surface area contributed by atoms with Crippen molar-refractivity contribution in [3.8, 4) is 0 Å². The summed E-state index contributed by atoms with van der Waals surface area (Å²) in [6.45, 7) is 4.23. The fourth-order valence-corrected chi connectivity index (χ4v) is 6.03. The molecule has 9 nitrogen and oxygen atoms in total. The molecule has 0 aliphatic rings. The molecule has 54 heavy (non-hydrogen) atoms. The largest absolute Gasteiger partial charge is 0.472 e. The molecule has 0 heterocycles. The summed E-state index contributed by atoms with van der Waals surface area (Å²) in [5.74, 6) is -0.869. The van der Waals surface area contributed by atoms with E-state index >= 15 is 0 Å². The van der Waals surface area contributed by atoms with Gasteiger partial charge in [0, 0.05) is 12.8 Å². The number of esters is 2. The van der Waals surface area contributed by atoms with Gasteiger partial charge in [0.15, 0.2) is 6.10 Å². The highest BCUT2D eigenvalue weighted by atomic mass is 31.2. The number of phosphoric ester groups is 1. The van der Waals surface area contributed by atoms with E-state index in [0.717, 1.165) is 51.4 Å². The standard InChI is InChI=1S/C44H78NO8P/c1-6-8-10-12-14-16-18-20-21-22-23-25-27-29-31-33-35-37-44(47)53-42(41-52-54(48,49)51-39-38-45(3,4)5)40-50-43(46)36-34-32-30-28-26-24-19-17-15-13-11-9-7-2/h8,10,14,16,20-21,23,25,29,31,42H,6-7,9,11-13,15,17-19,22,24,26-28,30,32-41H2,1-5H3/p+1/b10-8-,16-14-,21-20-,25-23-,31-29-. The Morgan fingerprint density at radius 1 is 0.593 bits per heavy atom. The van der Waals surface area contributed by atoms with Gasteiger partial charge in [0.2, 0.25) is 0 Å². The minimum atomic E-state index is -4.39. The van der Waals surface area contributed by atoms with Crippen molar-refractivity contribution in [3.05, 3.63) is 60.8 Å². The number of nitrogens with zero attached hydrogens (tertiary/aromatic N) is 1. The van der Waals surface area contributed by atoms with E-state index in [0.29, 0.717) is 23.9 Å². The van der Waals surface area contributed by atoms with Crippen LogP contribution in [0.5, 0.6) is 0 Å². The zero-order chi connectivity index (χ0) is 40.0. The van der Waals surface area contributed by atoms with E-state index in [9.17, 15) is 19.0 Å². The number of carbonyl (C=O) groups is 2. The molecular formula is C44H79NO8P+. The average molecular weight is 781 g/mol. The molecule has 0 saturated carbocycles. The number of likely N-dealkylation sites (N-methyl/N-ethyl adjacent to an activating group) is 1. The van der Waals surface area contributed by atoms with Crippen molar-refractivity contribution >= 4 is 19.8 Å². The highest BCUT2D eigenvalue weighted by molar-refractivity contribution is 7.47. The van der Waals surface area contributed by atoms with Gasteiger partial charge < -0.3 is 18.9 Å². The summed E-state index contributed by atoms with van der Waals surface area (Å²) >= 11 is 0. The van der Waals surface area contributed by atoms with Crippen LogP contribution in [0.25, 0.3) is 0 Å². The number of allylic oxidation sites excluding steroid dienone is 10. The Balaban J connectivity index is 4.50. The normalized spacial score (nSPS) is 14.3. The second kappa shape index (κ2) is 36.4. The van der Waals surface area contributed by atoms with E-state index in [1.165, 1.54) is 64.2 Å². The van der Waals surface area contributed by atoms with Gasteiger partial charge in [-0.15, -0.1) is 0 Å². The Morgan fingerprint density at radius 2 is 1.06 bits per heavy atom. The van der Waals surface area contributed by atoms with Crippen molar-refractivity contribution in [1.82, 2.24) is 0 Å². The van der Waals surface area contributed by atoms with Gasteiger partial charge in [0.05, 0.1) is 27.7 Å². The Labute approximate surface area is 330 Å². The first-order chi connectivity index (χ1) is 26.0. The molecule has 0 aliphatic heterocycles. The zero-order valence-corrected chi connectivity index (χ0v) is 35.8. The zero-order valence-electron chi connectivity index (χ0n) is 34.9. The van der Waals surface area contributed by atoms with Gasteiger partial charge >= 0.3 is 19.8 Å². The van der Waals surface area contributed by atoms with Crippen LogP contribution in [0.1, 0.15) is 155 Å². The summed E-state index contributed by atoms with van der Waals surface area (Å²) in [5.41, 5.74) is 0. The number of hydrogen-bond donors (Lipinski definition) is 1. The molecule has 0 amide bonds. The molecule has 0 aliphatic carbocycles. The van der Waals surface area contributed by atoms with Crippen LogP contribution < -0.4 is 0 Å². The third-order valence-corrected chi connectivity index (χ3v) is 9.55. The number of rotatable bonds is 37. The predicted molar refractivity (Wildman–Crippen MR) is 224 cm³/mol. The molecule has 312 valence electrons. The van der Waals surface area contributed by atoms with Crippen LogP contribution in [0.3, 0.4) is 0 Å². The number of phosphoric acid groups is 1. The molecule has 1 N–H and O–H groups in total. The van der Waals surface area contributed by atoms with Crippen LogP contribution in [0.15, 0.2) is 60.8 Å². The molecule has 0 rings (SSSR count). The number of hydrogen-bond acceptors (Lipinski definition) is 7. The van der Waals surface area contributed by atoms with Gasteiger partial charge in [0.25, 0.3) is 0 Å². The van der Waals surface area contributed by atoms with Gasteiger partial charge in [0.1, 0.15) is 19.8 Å². The lowest BCUT2D eigenvalue weighted by Crippen LogP contribution is -2.37. The third-order valence-electron chi connectivity index (χ3n) is 8.56. The summed E-state index contributed by atoms with van der Waals surface area (Å²) in [6, 6.07) is 0. The van der Waals surface area contributed by atoms with Crippen LogP contribution in [0.4, 0.5) is 0 Å². The average Bonchev–Trinajstić information content (AvgIpc) is 3.12. The second-order valence-electron chi connectivity index (χ2n) is 15.0. The maximum Gasteiger partial charge on any atom is 0.472 e. The van der Waals surface area contributed by atoms with Crippen molar-refractivity contribution in [2.75, 3.05) is 47.5 Å². The molecule has 2 atom stereocenters. The summed E-state index contributed by atoms with van der Waals surface area (Å²) in [5, 5.41) is 0. The van der Waals surface area contributed by atoms with E-state index in [4.69, 9.17) is 18.5 Å². The number of carbonyl (C=O) groups excluding carboxylic acids is 2. The molecule has 0 aromatic rings. The van der Waals surface area contributed by atoms with Gasteiger partial charge in [-0.3, -0.25) is 18.6 Å². The monoisotopic (exact) mass is 781 g/mol. The van der Waals surface area contributed by atoms with Crippen LogP contribution in [-0.4, -0.2) is 74.9 Å². The molecule has 0 aromatic heterocycles. The SMILES string of the molecule is CC/C=C\C/C=C\C/C=C\C/C=C\C/C=C\CCCC(=O)OC(COC(=O)CCCCCCCCCCCCCCC)COP(=O)(O)OCC[N+](C)(C)C. The Hall–Kier alpha value is -2.29. The summed E-state index contributed by atoms with van der Waals surface area (Å²) < 4.78 is 34.2. The summed E-state index contributed by atoms with van der Waals surface area (Å²) in [4.78, 5) is 35.3. The number of unbranched alkanes of at least 4 members (excludes halogenated alkanes) is 13. The molecule has 2 unspecified atom stereocenters. The van der Waals surface area contributed by atoms with Crippen molar-refractivity contribution in [2.24, 2.45) is 0 Å². The quantitative estimate of drug-likeness (QED) is 0.0218. The van der Waals surface area contributed by atoms with E-state index in [1.54, 1.807) is 0 Å². The van der Waals surface area contributed by atoms with E-state index in [2.05, 4.69) is 68.5 Å². The van der Waals surface area contributed by atoms with Crippen LogP contribution >= 0.6 is 7.82 Å². The first kappa shape index (κ1) is 51.7. The molecule has 0 bridgehead atoms. The fourth-order valence-electron chi connectivity index (χ4n) is 5.28. The lowest BCUT2D eigenvalue weighted by molar-refractivity contribution is -0.870. The van der Waals surface area contributed by atoms with Crippen LogP contribution in [0.2, 0.25) is 0 Å². The Morgan fingerprint density at radius 3 is 1.56 bits per heavy atom. The van der Waals surface area contributed by atoms with Gasteiger partial charge in [-0.1, -0.05) is 152 Å². The Kier molecular flexibility index (Phi) is 34.8. The topological polar surface area (TPSA) is 108 Å². The van der Waals surface area contributed by atoms with Gasteiger partial charge in [-0.05, 0) is 51.4 Å². The molecule has 0 radical (unpaired) electrons. The van der Waals surface area contributed by atoms with Crippen molar-refractivity contribution in [3.63, 3.8) is 0 Å². The van der Waals surface area contributed by atoms with Crippen LogP contribution in [0, 0.1) is 0 Å². The predicted octanol–water partition coefficient (Wildman–Crippen LogP) is 11.7. The molecule has 0 fully saturated rings.